The van der Waals surface area contributed by atoms with E-state index in [1.807, 2.05) is 0 Å². The minimum Gasteiger partial charge on any atom is -0.370 e. The summed E-state index contributed by atoms with van der Waals surface area (Å²) in [5.41, 5.74) is 3.40. The molecule has 2 aromatic heterocycles. The van der Waals surface area contributed by atoms with Crippen LogP contribution in [0.1, 0.15) is 31.5 Å². The van der Waals surface area contributed by atoms with Gasteiger partial charge in [0, 0.05) is 28.7 Å². The van der Waals surface area contributed by atoms with Crippen LogP contribution < -0.4 is 5.32 Å². The molecule has 0 aromatic carbocycles. The third-order valence-corrected chi connectivity index (χ3v) is 3.57. The molecule has 3 nitrogen and oxygen atoms in total. The van der Waals surface area contributed by atoms with Gasteiger partial charge in [-0.15, -0.1) is 0 Å². The molecule has 0 saturated heterocycles. The Balaban J connectivity index is 2.42. The number of aryl methyl sites for hydroxylation is 1. The quantitative estimate of drug-likeness (QED) is 0.887. The molecule has 18 heavy (non-hydrogen) atoms. The van der Waals surface area contributed by atoms with Crippen LogP contribution in [-0.4, -0.2) is 16.5 Å². The minimum absolute atomic E-state index is 0.824. The van der Waals surface area contributed by atoms with E-state index in [1.165, 1.54) is 5.56 Å². The average molecular weight is 261 g/mol. The molecule has 0 fully saturated rings. The molecule has 1 N–H and O–H groups in total. The zero-order valence-corrected chi connectivity index (χ0v) is 12.0. The highest BCUT2D eigenvalue weighted by Crippen LogP contribution is 2.24. The van der Waals surface area contributed by atoms with Crippen LogP contribution in [0.3, 0.4) is 0 Å². The van der Waals surface area contributed by atoms with E-state index in [0.717, 1.165) is 42.3 Å². The fourth-order valence-electron chi connectivity index (χ4n) is 1.93. The molecule has 0 aliphatic rings. The first kappa shape index (κ1) is 13.0. The highest BCUT2D eigenvalue weighted by Gasteiger charge is 2.11. The van der Waals surface area contributed by atoms with Gasteiger partial charge in [-0.05, 0) is 31.2 Å². The highest BCUT2D eigenvalue weighted by molar-refractivity contribution is 7.08. The van der Waals surface area contributed by atoms with Crippen LogP contribution in [0.4, 0.5) is 5.82 Å². The number of rotatable bonds is 5. The van der Waals surface area contributed by atoms with Crippen LogP contribution in [0.5, 0.6) is 0 Å². The second-order valence-electron chi connectivity index (χ2n) is 4.25. The fraction of sp³-hybridized carbons (Fsp3) is 0.429. The van der Waals surface area contributed by atoms with Crippen LogP contribution in [0, 0.1) is 6.92 Å². The first-order valence-electron chi connectivity index (χ1n) is 6.40. The van der Waals surface area contributed by atoms with Crippen molar-refractivity contribution in [2.24, 2.45) is 0 Å². The molecule has 0 spiro atoms. The largest absolute Gasteiger partial charge is 0.370 e. The lowest BCUT2D eigenvalue weighted by atomic mass is 10.1. The number of hydrogen-bond acceptors (Lipinski definition) is 4. The van der Waals surface area contributed by atoms with E-state index < -0.39 is 0 Å². The summed E-state index contributed by atoms with van der Waals surface area (Å²) in [6.07, 6.45) is 2.06. The second-order valence-corrected chi connectivity index (χ2v) is 5.03. The molecule has 0 aliphatic carbocycles. The standard InChI is InChI=1S/C14H19N3S/c1-4-7-15-14-12(5-2)10(3)16-13(17-14)11-6-8-18-9-11/h6,8-9H,4-5,7H2,1-3H3,(H,15,16,17). The summed E-state index contributed by atoms with van der Waals surface area (Å²) >= 11 is 1.67. The van der Waals surface area contributed by atoms with Gasteiger partial charge in [0.2, 0.25) is 0 Å². The molecule has 0 aliphatic heterocycles. The summed E-state index contributed by atoms with van der Waals surface area (Å²) in [4.78, 5) is 9.28. The van der Waals surface area contributed by atoms with Gasteiger partial charge in [-0.25, -0.2) is 9.97 Å². The van der Waals surface area contributed by atoms with E-state index in [4.69, 9.17) is 0 Å². The van der Waals surface area contributed by atoms with Crippen molar-refractivity contribution in [1.29, 1.82) is 0 Å². The maximum absolute atomic E-state index is 4.67. The van der Waals surface area contributed by atoms with E-state index in [0.29, 0.717) is 0 Å². The Hall–Kier alpha value is -1.42. The zero-order chi connectivity index (χ0) is 13.0. The average Bonchev–Trinajstić information content (AvgIpc) is 2.89. The van der Waals surface area contributed by atoms with E-state index in [1.54, 1.807) is 11.3 Å². The Labute approximate surface area is 112 Å². The molecule has 0 radical (unpaired) electrons. The van der Waals surface area contributed by atoms with Crippen LogP contribution in [0.15, 0.2) is 16.8 Å². The van der Waals surface area contributed by atoms with Crippen molar-refractivity contribution in [3.8, 4) is 11.4 Å². The lowest BCUT2D eigenvalue weighted by molar-refractivity contribution is 0.939. The van der Waals surface area contributed by atoms with E-state index >= 15 is 0 Å². The molecule has 0 bridgehead atoms. The first-order chi connectivity index (χ1) is 8.76. The molecule has 4 heteroatoms. The summed E-state index contributed by atoms with van der Waals surface area (Å²) in [5, 5.41) is 7.55. The van der Waals surface area contributed by atoms with Gasteiger partial charge in [-0.3, -0.25) is 0 Å². The van der Waals surface area contributed by atoms with Crippen LogP contribution in [0.2, 0.25) is 0 Å². The van der Waals surface area contributed by atoms with Crippen LogP contribution >= 0.6 is 11.3 Å². The number of hydrogen-bond donors (Lipinski definition) is 1. The highest BCUT2D eigenvalue weighted by atomic mass is 32.1. The predicted octanol–water partition coefficient (Wildman–Crippen LogP) is 3.90. The van der Waals surface area contributed by atoms with Crippen molar-refractivity contribution in [1.82, 2.24) is 9.97 Å². The third kappa shape index (κ3) is 2.70. The van der Waals surface area contributed by atoms with Gasteiger partial charge in [0.05, 0.1) is 0 Å². The molecule has 2 heterocycles. The summed E-state index contributed by atoms with van der Waals surface area (Å²) < 4.78 is 0. The number of thiophene rings is 1. The summed E-state index contributed by atoms with van der Waals surface area (Å²) in [7, 11) is 0. The Morgan fingerprint density at radius 2 is 2.11 bits per heavy atom. The van der Waals surface area contributed by atoms with Gasteiger partial charge >= 0.3 is 0 Å². The molecule has 0 saturated carbocycles. The smallest absolute Gasteiger partial charge is 0.162 e. The molecule has 0 unspecified atom stereocenters. The molecule has 2 rings (SSSR count). The topological polar surface area (TPSA) is 37.8 Å². The predicted molar refractivity (Wildman–Crippen MR) is 78.2 cm³/mol. The van der Waals surface area contributed by atoms with Gasteiger partial charge in [0.1, 0.15) is 5.82 Å². The lowest BCUT2D eigenvalue weighted by Gasteiger charge is -2.13. The van der Waals surface area contributed by atoms with Gasteiger partial charge in [0.25, 0.3) is 0 Å². The Bertz CT molecular complexity index is 506. The SMILES string of the molecule is CCCNc1nc(-c2ccsc2)nc(C)c1CC. The summed E-state index contributed by atoms with van der Waals surface area (Å²) in [5.74, 6) is 1.82. The molecule has 0 amide bonds. The maximum atomic E-state index is 4.67. The second kappa shape index (κ2) is 5.96. The van der Waals surface area contributed by atoms with Gasteiger partial charge in [-0.1, -0.05) is 13.8 Å². The lowest BCUT2D eigenvalue weighted by Crippen LogP contribution is -2.09. The number of nitrogens with one attached hydrogen (secondary N) is 1. The first-order valence-corrected chi connectivity index (χ1v) is 7.34. The summed E-state index contributed by atoms with van der Waals surface area (Å²) in [6.45, 7) is 7.32. The molecule has 0 atom stereocenters. The van der Waals surface area contributed by atoms with Gasteiger partial charge < -0.3 is 5.32 Å². The molecular weight excluding hydrogens is 242 g/mol. The number of anilines is 1. The van der Waals surface area contributed by atoms with Crippen LogP contribution in [-0.2, 0) is 6.42 Å². The fourth-order valence-corrected chi connectivity index (χ4v) is 2.56. The Morgan fingerprint density at radius 3 is 2.72 bits per heavy atom. The van der Waals surface area contributed by atoms with Crippen molar-refractivity contribution >= 4 is 17.2 Å². The minimum atomic E-state index is 0.824. The number of nitrogens with zero attached hydrogens (tertiary/aromatic N) is 2. The van der Waals surface area contributed by atoms with Gasteiger partial charge in [-0.2, -0.15) is 11.3 Å². The maximum Gasteiger partial charge on any atom is 0.162 e. The van der Waals surface area contributed by atoms with E-state index in [-0.39, 0.29) is 0 Å². The van der Waals surface area contributed by atoms with Crippen molar-refractivity contribution < 1.29 is 0 Å². The zero-order valence-electron chi connectivity index (χ0n) is 11.2. The molecule has 96 valence electrons. The van der Waals surface area contributed by atoms with E-state index in [2.05, 4.69) is 52.9 Å². The van der Waals surface area contributed by atoms with Crippen LogP contribution in [0.25, 0.3) is 11.4 Å². The normalized spacial score (nSPS) is 10.6. The van der Waals surface area contributed by atoms with Crippen molar-refractivity contribution in [2.75, 3.05) is 11.9 Å². The van der Waals surface area contributed by atoms with Crippen molar-refractivity contribution in [3.63, 3.8) is 0 Å². The monoisotopic (exact) mass is 261 g/mol. The number of aromatic nitrogens is 2. The molecular formula is C14H19N3S. The Morgan fingerprint density at radius 1 is 1.28 bits per heavy atom. The molecule has 2 aromatic rings. The van der Waals surface area contributed by atoms with Crippen molar-refractivity contribution in [3.05, 3.63) is 28.1 Å². The van der Waals surface area contributed by atoms with Gasteiger partial charge in [0.15, 0.2) is 5.82 Å². The van der Waals surface area contributed by atoms with E-state index in [9.17, 15) is 0 Å². The van der Waals surface area contributed by atoms with Crippen molar-refractivity contribution in [2.45, 2.75) is 33.6 Å². The summed E-state index contributed by atoms with van der Waals surface area (Å²) in [6, 6.07) is 2.06. The third-order valence-electron chi connectivity index (χ3n) is 2.89. The Kier molecular flexibility index (Phi) is 4.31.